The molecule has 11 rings (SSSR count). The molecule has 2 aromatic heterocycles. The smallest absolute Gasteiger partial charge is 0.0635 e. The minimum atomic E-state index is 1.07. The first-order chi connectivity index (χ1) is 29.3. The maximum atomic E-state index is 2.47. The SMILES string of the molecule is C1=CC(c2ccc(N(c3ccc(-c4ccccc4)cc3)c3cccc(-c4cccc(-n5c6ccccc6c6ccc7c(ccn7C7=CCCC=C7)c65)c4)c3)cc2)=CCC1. The highest BCUT2D eigenvalue weighted by Crippen LogP contribution is 2.41. The van der Waals surface area contributed by atoms with Crippen LogP contribution in [0.3, 0.4) is 0 Å². The summed E-state index contributed by atoms with van der Waals surface area (Å²) in [4.78, 5) is 2.38. The zero-order chi connectivity index (χ0) is 39.1. The Morgan fingerprint density at radius 1 is 0.407 bits per heavy atom. The highest BCUT2D eigenvalue weighted by molar-refractivity contribution is 6.18. The Morgan fingerprint density at radius 3 is 1.85 bits per heavy atom. The number of anilines is 3. The number of nitrogens with zero attached hydrogens (tertiary/aromatic N) is 3. The van der Waals surface area contributed by atoms with Crippen LogP contribution in [0, 0.1) is 0 Å². The van der Waals surface area contributed by atoms with Crippen LogP contribution in [-0.4, -0.2) is 9.13 Å². The highest BCUT2D eigenvalue weighted by atomic mass is 15.1. The minimum absolute atomic E-state index is 1.07. The number of aromatic nitrogens is 2. The third-order valence-electron chi connectivity index (χ3n) is 12.0. The van der Waals surface area contributed by atoms with Gasteiger partial charge in [-0.1, -0.05) is 134 Å². The van der Waals surface area contributed by atoms with Crippen LogP contribution >= 0.6 is 0 Å². The summed E-state index contributed by atoms with van der Waals surface area (Å²) in [5.41, 5.74) is 16.7. The van der Waals surface area contributed by atoms with Crippen molar-refractivity contribution in [3.63, 3.8) is 0 Å². The van der Waals surface area contributed by atoms with E-state index in [0.717, 1.165) is 54.0 Å². The molecular formula is C56H43N3. The van der Waals surface area contributed by atoms with Gasteiger partial charge in [-0.15, -0.1) is 0 Å². The molecule has 0 unspecified atom stereocenters. The molecule has 0 N–H and O–H groups in total. The summed E-state index contributed by atoms with van der Waals surface area (Å²) in [5.74, 6) is 0. The summed E-state index contributed by atoms with van der Waals surface area (Å²) in [6.07, 6.45) is 20.4. The van der Waals surface area contributed by atoms with Crippen molar-refractivity contribution in [2.75, 3.05) is 4.90 Å². The first-order valence-corrected chi connectivity index (χ1v) is 20.8. The Morgan fingerprint density at radius 2 is 1.08 bits per heavy atom. The topological polar surface area (TPSA) is 13.1 Å². The molecule has 2 aliphatic carbocycles. The Labute approximate surface area is 345 Å². The number of hydrogen-bond acceptors (Lipinski definition) is 1. The number of hydrogen-bond donors (Lipinski definition) is 0. The van der Waals surface area contributed by atoms with Gasteiger partial charge in [0.25, 0.3) is 0 Å². The molecule has 3 heteroatoms. The monoisotopic (exact) mass is 757 g/mol. The van der Waals surface area contributed by atoms with Gasteiger partial charge in [0.2, 0.25) is 0 Å². The van der Waals surface area contributed by atoms with Crippen molar-refractivity contribution in [2.24, 2.45) is 0 Å². The van der Waals surface area contributed by atoms with Crippen molar-refractivity contribution in [1.82, 2.24) is 9.13 Å². The Hall–Kier alpha value is -7.36. The van der Waals surface area contributed by atoms with Gasteiger partial charge in [-0.3, -0.25) is 0 Å². The maximum Gasteiger partial charge on any atom is 0.0635 e. The molecule has 0 fully saturated rings. The standard InChI is InChI=1S/C56H43N3/c1-4-14-40(15-5-1)42-26-30-47(31-27-42)58(48-32-28-43(29-33-48)41-16-6-2-7-17-41)49-22-12-18-44(38-49)45-19-13-23-50(39-45)59-55-25-11-10-24-51(55)52-34-35-54-53(56(52)59)36-37-57(54)46-20-8-3-9-21-46/h1,4-6,8,10-39H,2-3,7,9H2. The van der Waals surface area contributed by atoms with Crippen LogP contribution in [0.5, 0.6) is 0 Å². The van der Waals surface area contributed by atoms with Crippen molar-refractivity contribution < 1.29 is 0 Å². The van der Waals surface area contributed by atoms with Crippen molar-refractivity contribution in [2.45, 2.75) is 25.7 Å². The van der Waals surface area contributed by atoms with Gasteiger partial charge < -0.3 is 14.0 Å². The molecule has 59 heavy (non-hydrogen) atoms. The lowest BCUT2D eigenvalue weighted by molar-refractivity contribution is 1.01. The number of rotatable bonds is 8. The van der Waals surface area contributed by atoms with Crippen molar-refractivity contribution in [3.8, 4) is 27.9 Å². The van der Waals surface area contributed by atoms with E-state index in [1.807, 2.05) is 0 Å². The summed E-state index contributed by atoms with van der Waals surface area (Å²) >= 11 is 0. The molecule has 0 saturated carbocycles. The third kappa shape index (κ3) is 6.32. The van der Waals surface area contributed by atoms with E-state index in [0.29, 0.717) is 0 Å². The summed E-state index contributed by atoms with van der Waals surface area (Å²) in [5, 5.41) is 3.78. The van der Waals surface area contributed by atoms with E-state index < -0.39 is 0 Å². The van der Waals surface area contributed by atoms with Crippen LogP contribution in [0.25, 0.3) is 71.9 Å². The van der Waals surface area contributed by atoms with E-state index in [1.54, 1.807) is 0 Å². The lowest BCUT2D eigenvalue weighted by Crippen LogP contribution is -2.10. The fourth-order valence-electron chi connectivity index (χ4n) is 9.11. The first-order valence-electron chi connectivity index (χ1n) is 20.8. The number of benzene rings is 7. The molecule has 282 valence electrons. The van der Waals surface area contributed by atoms with E-state index in [4.69, 9.17) is 0 Å². The normalized spacial score (nSPS) is 13.9. The molecule has 3 nitrogen and oxygen atoms in total. The summed E-state index contributed by atoms with van der Waals surface area (Å²) in [6, 6.07) is 62.3. The van der Waals surface area contributed by atoms with Gasteiger partial charge in [-0.05, 0) is 132 Å². The van der Waals surface area contributed by atoms with E-state index in [9.17, 15) is 0 Å². The second kappa shape index (κ2) is 14.9. The molecule has 2 aliphatic rings. The van der Waals surface area contributed by atoms with Gasteiger partial charge in [0.15, 0.2) is 0 Å². The lowest BCUT2D eigenvalue weighted by atomic mass is 9.99. The van der Waals surface area contributed by atoms with E-state index in [-0.39, 0.29) is 0 Å². The maximum absolute atomic E-state index is 2.47. The zero-order valence-electron chi connectivity index (χ0n) is 32.9. The van der Waals surface area contributed by atoms with Gasteiger partial charge in [0.05, 0.1) is 16.6 Å². The van der Waals surface area contributed by atoms with E-state index in [1.165, 1.54) is 66.2 Å². The van der Waals surface area contributed by atoms with E-state index >= 15 is 0 Å². The quantitative estimate of drug-likeness (QED) is 0.150. The fraction of sp³-hybridized carbons (Fsp3) is 0.0714. The van der Waals surface area contributed by atoms with Crippen LogP contribution in [0.1, 0.15) is 31.2 Å². The molecule has 7 aromatic carbocycles. The second-order valence-corrected chi connectivity index (χ2v) is 15.6. The van der Waals surface area contributed by atoms with Gasteiger partial charge in [-0.2, -0.15) is 0 Å². The minimum Gasteiger partial charge on any atom is -0.317 e. The molecule has 0 bridgehead atoms. The predicted molar refractivity (Wildman–Crippen MR) is 251 cm³/mol. The molecule has 0 spiro atoms. The van der Waals surface area contributed by atoms with Crippen LogP contribution in [0.15, 0.2) is 213 Å². The lowest BCUT2D eigenvalue weighted by Gasteiger charge is -2.26. The molecule has 0 radical (unpaired) electrons. The second-order valence-electron chi connectivity index (χ2n) is 15.6. The Bertz CT molecular complexity index is 3130. The zero-order valence-corrected chi connectivity index (χ0v) is 32.9. The van der Waals surface area contributed by atoms with Crippen LogP contribution < -0.4 is 4.90 Å². The molecule has 0 atom stereocenters. The van der Waals surface area contributed by atoms with Crippen LogP contribution in [-0.2, 0) is 0 Å². The van der Waals surface area contributed by atoms with Gasteiger partial charge >= 0.3 is 0 Å². The highest BCUT2D eigenvalue weighted by Gasteiger charge is 2.19. The first kappa shape index (κ1) is 34.9. The molecule has 0 saturated heterocycles. The summed E-state index contributed by atoms with van der Waals surface area (Å²) in [6.45, 7) is 0. The molecular weight excluding hydrogens is 715 g/mol. The Kier molecular flexibility index (Phi) is 8.78. The summed E-state index contributed by atoms with van der Waals surface area (Å²) in [7, 11) is 0. The molecule has 0 amide bonds. The van der Waals surface area contributed by atoms with Crippen LogP contribution in [0.2, 0.25) is 0 Å². The molecule has 9 aromatic rings. The molecule has 0 aliphatic heterocycles. The largest absolute Gasteiger partial charge is 0.317 e. The van der Waals surface area contributed by atoms with E-state index in [2.05, 4.69) is 227 Å². The van der Waals surface area contributed by atoms with Gasteiger partial charge in [0.1, 0.15) is 0 Å². The van der Waals surface area contributed by atoms with Gasteiger partial charge in [-0.25, -0.2) is 0 Å². The predicted octanol–water partition coefficient (Wildman–Crippen LogP) is 15.5. The average molecular weight is 758 g/mol. The van der Waals surface area contributed by atoms with Crippen molar-refractivity contribution in [3.05, 3.63) is 218 Å². The fourth-order valence-corrected chi connectivity index (χ4v) is 9.11. The number of para-hydroxylation sites is 1. The number of fused-ring (bicyclic) bond motifs is 5. The van der Waals surface area contributed by atoms with Crippen molar-refractivity contribution in [1.29, 1.82) is 0 Å². The molecule has 2 heterocycles. The third-order valence-corrected chi connectivity index (χ3v) is 12.0. The number of allylic oxidation sites excluding steroid dienone is 8. The van der Waals surface area contributed by atoms with Crippen LogP contribution in [0.4, 0.5) is 17.1 Å². The Balaban J connectivity index is 1.02. The average Bonchev–Trinajstić information content (AvgIpc) is 3.91. The summed E-state index contributed by atoms with van der Waals surface area (Å²) < 4.78 is 4.81. The van der Waals surface area contributed by atoms with Gasteiger partial charge in [0, 0.05) is 50.8 Å². The van der Waals surface area contributed by atoms with Crippen molar-refractivity contribution >= 4 is 61.0 Å².